The number of hydrogen-bond donors (Lipinski definition) is 2. The summed E-state index contributed by atoms with van der Waals surface area (Å²) in [5, 5.41) is 5.98. The van der Waals surface area contributed by atoms with Gasteiger partial charge in [0.2, 0.25) is 5.95 Å². The van der Waals surface area contributed by atoms with Gasteiger partial charge in [-0.15, -0.1) is 0 Å². The third kappa shape index (κ3) is 5.43. The van der Waals surface area contributed by atoms with E-state index in [2.05, 4.69) is 65.2 Å². The molecule has 0 unspecified atom stereocenters. The van der Waals surface area contributed by atoms with Crippen molar-refractivity contribution in [1.82, 2.24) is 19.9 Å². The second kappa shape index (κ2) is 9.31. The largest absolute Gasteiger partial charge is 0.417 e. The Morgan fingerprint density at radius 1 is 1.00 bits per heavy atom. The van der Waals surface area contributed by atoms with Crippen molar-refractivity contribution in [1.29, 1.82) is 0 Å². The maximum absolute atomic E-state index is 14.6. The molecule has 10 heteroatoms. The van der Waals surface area contributed by atoms with Crippen molar-refractivity contribution in [2.45, 2.75) is 63.8 Å². The van der Waals surface area contributed by atoms with Crippen LogP contribution in [-0.2, 0) is 6.18 Å². The summed E-state index contributed by atoms with van der Waals surface area (Å²) in [6.07, 6.45) is 0.846. The van der Waals surface area contributed by atoms with Gasteiger partial charge in [0.1, 0.15) is 0 Å². The highest BCUT2D eigenvalue weighted by atomic mass is 19.4. The predicted molar refractivity (Wildman–Crippen MR) is 133 cm³/mol. The lowest BCUT2D eigenvalue weighted by Gasteiger charge is -2.53. The minimum absolute atomic E-state index is 0.00451. The van der Waals surface area contributed by atoms with E-state index < -0.39 is 17.6 Å². The molecule has 0 amide bonds. The molecule has 2 aromatic heterocycles. The molecular weight excluding hydrogens is 472 g/mol. The summed E-state index contributed by atoms with van der Waals surface area (Å²) < 4.78 is 56.1. The smallest absolute Gasteiger partial charge is 0.365 e. The maximum atomic E-state index is 14.6. The van der Waals surface area contributed by atoms with Gasteiger partial charge in [-0.25, -0.2) is 9.37 Å². The Bertz CT molecular complexity index is 1210. The average molecular weight is 503 g/mol. The summed E-state index contributed by atoms with van der Waals surface area (Å²) in [7, 11) is 2.08. The molecule has 1 aliphatic rings. The summed E-state index contributed by atoms with van der Waals surface area (Å²) >= 11 is 0. The van der Waals surface area contributed by atoms with Crippen LogP contribution in [0.25, 0.3) is 11.1 Å². The first-order valence-electron chi connectivity index (χ1n) is 11.7. The Morgan fingerprint density at radius 3 is 2.25 bits per heavy atom. The van der Waals surface area contributed by atoms with E-state index >= 15 is 0 Å². The van der Waals surface area contributed by atoms with E-state index in [4.69, 9.17) is 0 Å². The first-order valence-corrected chi connectivity index (χ1v) is 11.7. The van der Waals surface area contributed by atoms with Gasteiger partial charge in [-0.3, -0.25) is 9.88 Å². The monoisotopic (exact) mass is 502 g/mol. The normalized spacial score (nSPS) is 18.1. The highest BCUT2D eigenvalue weighted by Gasteiger charge is 2.43. The first kappa shape index (κ1) is 25.8. The van der Waals surface area contributed by atoms with Gasteiger partial charge in [0.25, 0.3) is 0 Å². The van der Waals surface area contributed by atoms with Gasteiger partial charge in [-0.2, -0.15) is 18.2 Å². The van der Waals surface area contributed by atoms with Crippen LogP contribution < -0.4 is 10.6 Å². The minimum atomic E-state index is -4.58. The van der Waals surface area contributed by atoms with Crippen LogP contribution in [-0.4, -0.2) is 44.0 Å². The van der Waals surface area contributed by atoms with E-state index in [1.807, 2.05) is 0 Å². The van der Waals surface area contributed by atoms with Crippen molar-refractivity contribution >= 4 is 17.5 Å². The Balaban J connectivity index is 1.59. The zero-order valence-corrected chi connectivity index (χ0v) is 20.9. The molecule has 2 N–H and O–H groups in total. The molecule has 0 spiro atoms. The van der Waals surface area contributed by atoms with Crippen LogP contribution in [0.1, 0.15) is 46.1 Å². The third-order valence-corrected chi connectivity index (χ3v) is 6.97. The quantitative estimate of drug-likeness (QED) is 0.388. The van der Waals surface area contributed by atoms with Gasteiger partial charge < -0.3 is 10.6 Å². The number of alkyl halides is 3. The number of pyridine rings is 1. The zero-order chi connectivity index (χ0) is 26.3. The zero-order valence-electron chi connectivity index (χ0n) is 20.9. The van der Waals surface area contributed by atoms with Crippen LogP contribution >= 0.6 is 0 Å². The summed E-state index contributed by atoms with van der Waals surface area (Å²) in [6, 6.07) is 6.88. The molecule has 36 heavy (non-hydrogen) atoms. The lowest BCUT2D eigenvalue weighted by atomic mass is 9.77. The fourth-order valence-electron chi connectivity index (χ4n) is 4.96. The molecule has 1 aromatic carbocycles. The van der Waals surface area contributed by atoms with Crippen molar-refractivity contribution < 1.29 is 17.6 Å². The molecule has 0 atom stereocenters. The number of halogens is 4. The molecule has 4 rings (SSSR count). The van der Waals surface area contributed by atoms with E-state index in [0.29, 0.717) is 5.56 Å². The maximum Gasteiger partial charge on any atom is 0.417 e. The van der Waals surface area contributed by atoms with Crippen LogP contribution in [0, 0.1) is 5.82 Å². The summed E-state index contributed by atoms with van der Waals surface area (Å²) in [6.45, 7) is 8.55. The van der Waals surface area contributed by atoms with Crippen molar-refractivity contribution in [2.24, 2.45) is 0 Å². The predicted octanol–water partition coefficient (Wildman–Crippen LogP) is 6.50. The van der Waals surface area contributed by atoms with Gasteiger partial charge >= 0.3 is 6.18 Å². The molecule has 1 aliphatic heterocycles. The summed E-state index contributed by atoms with van der Waals surface area (Å²) in [5.74, 6) is -0.618. The average Bonchev–Trinajstić information content (AvgIpc) is 2.79. The first-order chi connectivity index (χ1) is 16.8. The number of hydrogen-bond acceptors (Lipinski definition) is 6. The van der Waals surface area contributed by atoms with Crippen LogP contribution in [0.3, 0.4) is 0 Å². The molecule has 1 saturated heterocycles. The molecule has 192 valence electrons. The summed E-state index contributed by atoms with van der Waals surface area (Å²) in [5.41, 5.74) is -0.472. The molecule has 0 bridgehead atoms. The van der Waals surface area contributed by atoms with Crippen LogP contribution in [0.15, 0.2) is 48.9 Å². The second-order valence-electron chi connectivity index (χ2n) is 10.4. The van der Waals surface area contributed by atoms with Crippen molar-refractivity contribution in [2.75, 3.05) is 17.7 Å². The highest BCUT2D eigenvalue weighted by molar-refractivity contribution is 5.72. The van der Waals surface area contributed by atoms with Gasteiger partial charge in [-0.1, -0.05) is 6.07 Å². The van der Waals surface area contributed by atoms with Crippen molar-refractivity contribution in [3.05, 3.63) is 60.3 Å². The van der Waals surface area contributed by atoms with Crippen LogP contribution in [0.2, 0.25) is 0 Å². The molecule has 0 radical (unpaired) electrons. The third-order valence-electron chi connectivity index (χ3n) is 6.97. The number of nitrogens with one attached hydrogen (secondary N) is 2. The molecular formula is C26H30F4N6. The lowest BCUT2D eigenvalue weighted by molar-refractivity contribution is -0.137. The van der Waals surface area contributed by atoms with Crippen molar-refractivity contribution in [3.8, 4) is 11.1 Å². The summed E-state index contributed by atoms with van der Waals surface area (Å²) in [4.78, 5) is 14.3. The molecule has 3 aromatic rings. The highest BCUT2D eigenvalue weighted by Crippen LogP contribution is 2.40. The van der Waals surface area contributed by atoms with E-state index in [0.717, 1.165) is 25.1 Å². The van der Waals surface area contributed by atoms with Gasteiger partial charge in [0, 0.05) is 35.2 Å². The van der Waals surface area contributed by atoms with E-state index in [1.54, 1.807) is 0 Å². The van der Waals surface area contributed by atoms with Gasteiger partial charge in [-0.05, 0) is 83.0 Å². The van der Waals surface area contributed by atoms with E-state index in [9.17, 15) is 17.6 Å². The number of aromatic nitrogens is 3. The van der Waals surface area contributed by atoms with E-state index in [1.165, 1.54) is 36.7 Å². The van der Waals surface area contributed by atoms with Gasteiger partial charge in [0.05, 0.1) is 11.8 Å². The van der Waals surface area contributed by atoms with Crippen LogP contribution in [0.4, 0.5) is 35.0 Å². The van der Waals surface area contributed by atoms with E-state index in [-0.39, 0.29) is 40.1 Å². The lowest BCUT2D eigenvalue weighted by Crippen LogP contribution is -2.61. The molecule has 0 aliphatic carbocycles. The van der Waals surface area contributed by atoms with Crippen molar-refractivity contribution in [3.63, 3.8) is 0 Å². The number of benzene rings is 1. The number of anilines is 3. The minimum Gasteiger partial charge on any atom is -0.365 e. The Morgan fingerprint density at radius 2 is 1.64 bits per heavy atom. The fourth-order valence-corrected chi connectivity index (χ4v) is 4.96. The Hall–Kier alpha value is -3.27. The topological polar surface area (TPSA) is 66.0 Å². The molecule has 0 saturated carbocycles. The SMILES string of the molecule is CN1C(C)(C)CC(Nc2nc(Nc3ccc(-c4ccncc4)c(C(F)(F)F)c3)ncc2F)CC1(C)C. The number of rotatable bonds is 5. The molecule has 3 heterocycles. The number of piperidine rings is 1. The Labute approximate surface area is 208 Å². The van der Waals surface area contributed by atoms with Crippen LogP contribution in [0.5, 0.6) is 0 Å². The molecule has 1 fully saturated rings. The molecule has 6 nitrogen and oxygen atoms in total. The number of nitrogens with zero attached hydrogens (tertiary/aromatic N) is 4. The Kier molecular flexibility index (Phi) is 6.68. The van der Waals surface area contributed by atoms with Gasteiger partial charge in [0.15, 0.2) is 11.6 Å². The second-order valence-corrected chi connectivity index (χ2v) is 10.4. The standard InChI is InChI=1S/C26H30F4N6/c1-24(2)13-18(14-25(3,4)36(24)5)33-22-21(27)15-32-23(35-22)34-17-6-7-19(16-8-10-31-11-9-16)20(12-17)26(28,29)30/h6-12,15,18H,13-14H2,1-5H3,(H2,32,33,34,35). The fraction of sp³-hybridized carbons (Fsp3) is 0.423. The number of likely N-dealkylation sites (tertiary alicyclic amines) is 1.